The molecule has 70 valence electrons. The summed E-state index contributed by atoms with van der Waals surface area (Å²) in [5, 5.41) is 0. The maximum atomic E-state index is 11.3. The number of esters is 1. The first kappa shape index (κ1) is 11.5. The van der Waals surface area contributed by atoms with Crippen molar-refractivity contribution in [2.75, 3.05) is 7.11 Å². The van der Waals surface area contributed by atoms with Gasteiger partial charge in [0.05, 0.1) is 12.7 Å². The third-order valence-corrected chi connectivity index (χ3v) is 4.38. The molecule has 0 radical (unpaired) electrons. The number of rotatable bonds is 1. The minimum absolute atomic E-state index is 0.327. The molecular weight excluding hydrogens is 415 g/mol. The molecule has 2 nitrogen and oxygen atoms in total. The van der Waals surface area contributed by atoms with E-state index < -0.39 is 0 Å². The van der Waals surface area contributed by atoms with Crippen LogP contribution in [-0.4, -0.2) is 13.1 Å². The molecule has 5 heteroatoms. The lowest BCUT2D eigenvalue weighted by Crippen LogP contribution is -2.04. The lowest BCUT2D eigenvalue weighted by Gasteiger charge is -2.04. The number of carbonyl (C=O) groups is 1. The molecule has 1 rings (SSSR count). The van der Waals surface area contributed by atoms with Gasteiger partial charge in [0.25, 0.3) is 0 Å². The highest BCUT2D eigenvalue weighted by Crippen LogP contribution is 2.27. The standard InChI is InChI=1S/C8H5Br2IO2/c1-13-8(12)5-2-4(9)3-6(10)7(5)11/h2-3H,1H3. The Morgan fingerprint density at radius 3 is 2.62 bits per heavy atom. The van der Waals surface area contributed by atoms with Crippen molar-refractivity contribution in [3.63, 3.8) is 0 Å². The summed E-state index contributed by atoms with van der Waals surface area (Å²) in [5.41, 5.74) is 0.560. The molecule has 0 spiro atoms. The molecule has 0 unspecified atom stereocenters. The van der Waals surface area contributed by atoms with Gasteiger partial charge in [-0.2, -0.15) is 0 Å². The Hall–Kier alpha value is 0.380. The first-order valence-electron chi connectivity index (χ1n) is 3.29. The number of benzene rings is 1. The minimum Gasteiger partial charge on any atom is -0.465 e. The number of carbonyl (C=O) groups excluding carboxylic acids is 1. The molecule has 0 aliphatic carbocycles. The molecule has 0 aliphatic heterocycles. The Kier molecular flexibility index (Phi) is 4.18. The van der Waals surface area contributed by atoms with Crippen LogP contribution in [0.15, 0.2) is 21.1 Å². The number of ether oxygens (including phenoxy) is 1. The zero-order valence-corrected chi connectivity index (χ0v) is 11.9. The molecule has 0 atom stereocenters. The Labute approximate surface area is 106 Å². The summed E-state index contributed by atoms with van der Waals surface area (Å²) in [6, 6.07) is 3.62. The van der Waals surface area contributed by atoms with Crippen LogP contribution >= 0.6 is 54.5 Å². The van der Waals surface area contributed by atoms with E-state index in [-0.39, 0.29) is 5.97 Å². The highest BCUT2D eigenvalue weighted by Gasteiger charge is 2.13. The molecule has 0 aliphatic rings. The van der Waals surface area contributed by atoms with Crippen LogP contribution in [0.1, 0.15) is 10.4 Å². The summed E-state index contributed by atoms with van der Waals surface area (Å²) in [4.78, 5) is 11.3. The Morgan fingerprint density at radius 1 is 1.46 bits per heavy atom. The second kappa shape index (κ2) is 4.75. The third kappa shape index (κ3) is 2.66. The average molecular weight is 420 g/mol. The van der Waals surface area contributed by atoms with Crippen molar-refractivity contribution < 1.29 is 9.53 Å². The van der Waals surface area contributed by atoms with Crippen LogP contribution in [0.2, 0.25) is 0 Å². The van der Waals surface area contributed by atoms with Crippen LogP contribution in [0.5, 0.6) is 0 Å². The van der Waals surface area contributed by atoms with E-state index >= 15 is 0 Å². The summed E-state index contributed by atoms with van der Waals surface area (Å²) >= 11 is 8.74. The average Bonchev–Trinajstić information content (AvgIpc) is 2.10. The maximum Gasteiger partial charge on any atom is 0.339 e. The monoisotopic (exact) mass is 418 g/mol. The SMILES string of the molecule is COC(=O)c1cc(Br)cc(Br)c1I. The summed E-state index contributed by atoms with van der Waals surface area (Å²) in [6.07, 6.45) is 0. The minimum atomic E-state index is -0.327. The van der Waals surface area contributed by atoms with Crippen molar-refractivity contribution >= 4 is 60.4 Å². The number of methoxy groups -OCH3 is 1. The van der Waals surface area contributed by atoms with Crippen LogP contribution in [0, 0.1) is 3.57 Å². The van der Waals surface area contributed by atoms with Gasteiger partial charge < -0.3 is 4.74 Å². The predicted octanol–water partition coefficient (Wildman–Crippen LogP) is 3.60. The van der Waals surface area contributed by atoms with E-state index in [0.29, 0.717) is 5.56 Å². The van der Waals surface area contributed by atoms with Crippen molar-refractivity contribution in [2.45, 2.75) is 0 Å². The fourth-order valence-corrected chi connectivity index (χ4v) is 2.57. The van der Waals surface area contributed by atoms with Gasteiger partial charge in [-0.15, -0.1) is 0 Å². The van der Waals surface area contributed by atoms with E-state index in [0.717, 1.165) is 12.5 Å². The molecule has 1 aromatic carbocycles. The second-order valence-corrected chi connectivity index (χ2v) is 5.09. The van der Waals surface area contributed by atoms with Crippen LogP contribution in [0.25, 0.3) is 0 Å². The highest BCUT2D eigenvalue weighted by molar-refractivity contribution is 14.1. The van der Waals surface area contributed by atoms with Gasteiger partial charge in [-0.1, -0.05) is 15.9 Å². The van der Waals surface area contributed by atoms with Gasteiger partial charge in [-0.25, -0.2) is 4.79 Å². The van der Waals surface area contributed by atoms with E-state index in [1.165, 1.54) is 7.11 Å². The zero-order chi connectivity index (χ0) is 10.0. The second-order valence-electron chi connectivity index (χ2n) is 2.24. The molecule has 0 N–H and O–H groups in total. The highest BCUT2D eigenvalue weighted by atomic mass is 127. The zero-order valence-electron chi connectivity index (χ0n) is 6.61. The quantitative estimate of drug-likeness (QED) is 0.395. The van der Waals surface area contributed by atoms with Gasteiger partial charge in [-0.05, 0) is 50.7 Å². The van der Waals surface area contributed by atoms with Crippen molar-refractivity contribution in [1.82, 2.24) is 0 Å². The maximum absolute atomic E-state index is 11.3. The molecule has 0 saturated heterocycles. The fraction of sp³-hybridized carbons (Fsp3) is 0.125. The molecule has 0 heterocycles. The van der Waals surface area contributed by atoms with Crippen LogP contribution in [0.3, 0.4) is 0 Å². The number of halogens is 3. The largest absolute Gasteiger partial charge is 0.465 e. The van der Waals surface area contributed by atoms with E-state index in [4.69, 9.17) is 0 Å². The normalized spacial score (nSPS) is 9.85. The fourth-order valence-electron chi connectivity index (χ4n) is 0.814. The lowest BCUT2D eigenvalue weighted by molar-refractivity contribution is 0.0599. The van der Waals surface area contributed by atoms with E-state index in [2.05, 4.69) is 59.2 Å². The lowest BCUT2D eigenvalue weighted by atomic mass is 10.2. The molecular formula is C8H5Br2IO2. The molecule has 1 aromatic rings. The van der Waals surface area contributed by atoms with E-state index in [9.17, 15) is 4.79 Å². The van der Waals surface area contributed by atoms with Gasteiger partial charge in [-0.3, -0.25) is 0 Å². The Bertz CT molecular complexity index is 352. The molecule has 0 amide bonds. The van der Waals surface area contributed by atoms with Crippen LogP contribution in [-0.2, 0) is 4.74 Å². The summed E-state index contributed by atoms with van der Waals surface area (Å²) < 4.78 is 7.22. The number of hydrogen-bond donors (Lipinski definition) is 0. The first-order valence-corrected chi connectivity index (χ1v) is 5.95. The molecule has 13 heavy (non-hydrogen) atoms. The van der Waals surface area contributed by atoms with Crippen molar-refractivity contribution in [1.29, 1.82) is 0 Å². The van der Waals surface area contributed by atoms with Crippen LogP contribution in [0.4, 0.5) is 0 Å². The predicted molar refractivity (Wildman–Crippen MR) is 65.9 cm³/mol. The number of hydrogen-bond acceptors (Lipinski definition) is 2. The summed E-state index contributed by atoms with van der Waals surface area (Å²) in [6.45, 7) is 0. The third-order valence-electron chi connectivity index (χ3n) is 1.40. The molecule has 0 bridgehead atoms. The van der Waals surface area contributed by atoms with E-state index in [1.807, 2.05) is 6.07 Å². The van der Waals surface area contributed by atoms with Crippen molar-refractivity contribution in [3.05, 3.63) is 30.2 Å². The van der Waals surface area contributed by atoms with Gasteiger partial charge in [0.15, 0.2) is 0 Å². The topological polar surface area (TPSA) is 26.3 Å². The smallest absolute Gasteiger partial charge is 0.339 e. The first-order chi connectivity index (χ1) is 6.06. The van der Waals surface area contributed by atoms with Gasteiger partial charge in [0.2, 0.25) is 0 Å². The van der Waals surface area contributed by atoms with Gasteiger partial charge in [0.1, 0.15) is 0 Å². The van der Waals surface area contributed by atoms with Gasteiger partial charge in [0, 0.05) is 12.5 Å². The molecule has 0 fully saturated rings. The van der Waals surface area contributed by atoms with Crippen LogP contribution < -0.4 is 0 Å². The Balaban J connectivity index is 3.28. The van der Waals surface area contributed by atoms with Gasteiger partial charge >= 0.3 is 5.97 Å². The van der Waals surface area contributed by atoms with Crippen molar-refractivity contribution in [2.24, 2.45) is 0 Å². The summed E-state index contributed by atoms with van der Waals surface area (Å²) in [7, 11) is 1.37. The summed E-state index contributed by atoms with van der Waals surface area (Å²) in [5.74, 6) is -0.327. The Morgan fingerprint density at radius 2 is 2.08 bits per heavy atom. The van der Waals surface area contributed by atoms with Crippen molar-refractivity contribution in [3.8, 4) is 0 Å². The molecule has 0 aromatic heterocycles. The molecule has 0 saturated carbocycles. The van der Waals surface area contributed by atoms with E-state index in [1.54, 1.807) is 6.07 Å².